The third-order valence-electron chi connectivity index (χ3n) is 2.27. The van der Waals surface area contributed by atoms with Crippen molar-refractivity contribution in [2.75, 3.05) is 6.54 Å². The summed E-state index contributed by atoms with van der Waals surface area (Å²) in [6.07, 6.45) is 3.28. The van der Waals surface area contributed by atoms with Crippen molar-refractivity contribution in [3.05, 3.63) is 30.1 Å². The maximum Gasteiger partial charge on any atom is 0.147 e. The van der Waals surface area contributed by atoms with Gasteiger partial charge >= 0.3 is 0 Å². The van der Waals surface area contributed by atoms with Gasteiger partial charge in [0.25, 0.3) is 0 Å². The van der Waals surface area contributed by atoms with Crippen LogP contribution in [0, 0.1) is 0 Å². The number of rotatable bonds is 4. The molecule has 80 valence electrons. The lowest BCUT2D eigenvalue weighted by atomic mass is 10.2. The monoisotopic (exact) mass is 206 g/mol. The average Bonchev–Trinajstić information content (AvgIpc) is 2.85. The molecule has 0 amide bonds. The highest BCUT2D eigenvalue weighted by Crippen LogP contribution is 2.16. The van der Waals surface area contributed by atoms with Crippen molar-refractivity contribution in [2.24, 2.45) is 7.05 Å². The fraction of sp³-hybridized carbons (Fsp3) is 0.444. The number of nitrogens with one attached hydrogen (secondary N) is 2. The van der Waals surface area contributed by atoms with Gasteiger partial charge in [0.2, 0.25) is 0 Å². The molecule has 2 aromatic rings. The van der Waals surface area contributed by atoms with E-state index in [1.165, 1.54) is 6.33 Å². The first kappa shape index (κ1) is 9.85. The van der Waals surface area contributed by atoms with Gasteiger partial charge in [-0.05, 0) is 12.6 Å². The van der Waals surface area contributed by atoms with E-state index in [-0.39, 0.29) is 6.04 Å². The van der Waals surface area contributed by atoms with Crippen LogP contribution in [0.3, 0.4) is 0 Å². The number of nitrogens with zero attached hydrogens (tertiary/aromatic N) is 4. The molecular formula is C9H14N6. The van der Waals surface area contributed by atoms with Crippen LogP contribution in [0.15, 0.2) is 18.6 Å². The average molecular weight is 206 g/mol. The van der Waals surface area contributed by atoms with E-state index in [0.29, 0.717) is 0 Å². The molecule has 0 aromatic carbocycles. The first-order chi connectivity index (χ1) is 7.33. The van der Waals surface area contributed by atoms with E-state index in [0.717, 1.165) is 18.1 Å². The zero-order valence-electron chi connectivity index (χ0n) is 8.81. The summed E-state index contributed by atoms with van der Waals surface area (Å²) in [5.41, 5.74) is 1.06. The Labute approximate surface area is 87.7 Å². The molecule has 0 fully saturated rings. The Morgan fingerprint density at radius 3 is 3.00 bits per heavy atom. The van der Waals surface area contributed by atoms with Crippen molar-refractivity contribution in [1.29, 1.82) is 0 Å². The van der Waals surface area contributed by atoms with Gasteiger partial charge in [-0.25, -0.2) is 4.98 Å². The zero-order chi connectivity index (χ0) is 10.7. The fourth-order valence-corrected chi connectivity index (χ4v) is 1.57. The molecule has 2 heterocycles. The predicted molar refractivity (Wildman–Crippen MR) is 55.1 cm³/mol. The van der Waals surface area contributed by atoms with Crippen molar-refractivity contribution in [2.45, 2.75) is 13.0 Å². The summed E-state index contributed by atoms with van der Waals surface area (Å²) < 4.78 is 1.83. The molecule has 1 atom stereocenters. The van der Waals surface area contributed by atoms with Gasteiger partial charge in [0.1, 0.15) is 18.2 Å². The molecule has 0 spiro atoms. The van der Waals surface area contributed by atoms with Crippen LogP contribution in [0.25, 0.3) is 0 Å². The molecule has 0 aliphatic heterocycles. The van der Waals surface area contributed by atoms with Crippen LogP contribution >= 0.6 is 0 Å². The van der Waals surface area contributed by atoms with Crippen LogP contribution in [0.1, 0.15) is 24.5 Å². The normalized spacial score (nSPS) is 12.9. The lowest BCUT2D eigenvalue weighted by Crippen LogP contribution is -2.25. The molecule has 6 nitrogen and oxygen atoms in total. The summed E-state index contributed by atoms with van der Waals surface area (Å²) in [7, 11) is 1.91. The summed E-state index contributed by atoms with van der Waals surface area (Å²) in [4.78, 5) is 4.16. The van der Waals surface area contributed by atoms with Crippen molar-refractivity contribution >= 4 is 0 Å². The van der Waals surface area contributed by atoms with E-state index in [9.17, 15) is 0 Å². The number of hydrogen-bond acceptors (Lipinski definition) is 4. The molecule has 0 aliphatic rings. The first-order valence-electron chi connectivity index (χ1n) is 4.89. The van der Waals surface area contributed by atoms with E-state index in [1.807, 2.05) is 17.8 Å². The quantitative estimate of drug-likeness (QED) is 0.751. The van der Waals surface area contributed by atoms with E-state index in [1.54, 1.807) is 6.20 Å². The second-order valence-electron chi connectivity index (χ2n) is 3.24. The van der Waals surface area contributed by atoms with E-state index in [2.05, 4.69) is 32.5 Å². The van der Waals surface area contributed by atoms with Crippen molar-refractivity contribution < 1.29 is 0 Å². The highest BCUT2D eigenvalue weighted by Gasteiger charge is 2.18. The topological polar surface area (TPSA) is 71.4 Å². The molecule has 0 bridgehead atoms. The van der Waals surface area contributed by atoms with Gasteiger partial charge in [-0.1, -0.05) is 6.92 Å². The summed E-state index contributed by atoms with van der Waals surface area (Å²) >= 11 is 0. The molecule has 2 N–H and O–H groups in total. The van der Waals surface area contributed by atoms with Crippen molar-refractivity contribution in [3.8, 4) is 0 Å². The van der Waals surface area contributed by atoms with Crippen molar-refractivity contribution in [3.63, 3.8) is 0 Å². The summed E-state index contributed by atoms with van der Waals surface area (Å²) in [6.45, 7) is 2.91. The summed E-state index contributed by atoms with van der Waals surface area (Å²) in [5.74, 6) is 0.806. The molecule has 2 aromatic heterocycles. The SMILES string of the molecule is CCNC(c1ncn[nH]1)c1ccnn1C. The Bertz CT molecular complexity index is 404. The molecular weight excluding hydrogens is 192 g/mol. The van der Waals surface area contributed by atoms with Gasteiger partial charge in [0.15, 0.2) is 0 Å². The van der Waals surface area contributed by atoms with Crippen LogP contribution in [0.2, 0.25) is 0 Å². The molecule has 15 heavy (non-hydrogen) atoms. The second kappa shape index (κ2) is 4.22. The largest absolute Gasteiger partial charge is 0.303 e. The highest BCUT2D eigenvalue weighted by molar-refractivity contribution is 5.15. The molecule has 6 heteroatoms. The molecule has 1 unspecified atom stereocenters. The van der Waals surface area contributed by atoms with Gasteiger partial charge in [0, 0.05) is 13.2 Å². The van der Waals surface area contributed by atoms with Gasteiger partial charge in [-0.2, -0.15) is 10.2 Å². The Balaban J connectivity index is 2.32. The van der Waals surface area contributed by atoms with Gasteiger partial charge in [0.05, 0.1) is 5.69 Å². The first-order valence-corrected chi connectivity index (χ1v) is 4.89. The molecule has 0 saturated carbocycles. The second-order valence-corrected chi connectivity index (χ2v) is 3.24. The van der Waals surface area contributed by atoms with Gasteiger partial charge in [-0.15, -0.1) is 0 Å². The number of H-pyrrole nitrogens is 1. The minimum absolute atomic E-state index is 0.0185. The summed E-state index contributed by atoms with van der Waals surface area (Å²) in [6, 6.07) is 1.99. The maximum atomic E-state index is 4.16. The van der Waals surface area contributed by atoms with Crippen LogP contribution in [-0.2, 0) is 7.05 Å². The van der Waals surface area contributed by atoms with Crippen LogP contribution in [0.4, 0.5) is 0 Å². The molecule has 2 rings (SSSR count). The van der Waals surface area contributed by atoms with Gasteiger partial charge in [-0.3, -0.25) is 9.78 Å². The standard InChI is InChI=1S/C9H14N6/c1-3-10-8(9-11-6-12-14-9)7-4-5-13-15(7)2/h4-6,8,10H,3H2,1-2H3,(H,11,12,14). The van der Waals surface area contributed by atoms with Crippen LogP contribution in [0.5, 0.6) is 0 Å². The minimum Gasteiger partial charge on any atom is -0.303 e. The predicted octanol–water partition coefficient (Wildman–Crippen LogP) is 0.237. The van der Waals surface area contributed by atoms with E-state index >= 15 is 0 Å². The number of aromatic amines is 1. The van der Waals surface area contributed by atoms with Crippen molar-refractivity contribution in [1.82, 2.24) is 30.3 Å². The third kappa shape index (κ3) is 1.89. The smallest absolute Gasteiger partial charge is 0.147 e. The Kier molecular flexibility index (Phi) is 2.77. The zero-order valence-corrected chi connectivity index (χ0v) is 8.81. The third-order valence-corrected chi connectivity index (χ3v) is 2.27. The highest BCUT2D eigenvalue weighted by atomic mass is 15.3. The number of hydrogen-bond donors (Lipinski definition) is 2. The van der Waals surface area contributed by atoms with Gasteiger partial charge < -0.3 is 5.32 Å². The van der Waals surface area contributed by atoms with Crippen LogP contribution < -0.4 is 5.32 Å². The Morgan fingerprint density at radius 1 is 1.60 bits per heavy atom. The lowest BCUT2D eigenvalue weighted by Gasteiger charge is -2.15. The van der Waals surface area contributed by atoms with Crippen LogP contribution in [-0.4, -0.2) is 31.5 Å². The maximum absolute atomic E-state index is 4.16. The minimum atomic E-state index is 0.0185. The number of aryl methyl sites for hydroxylation is 1. The number of aromatic nitrogens is 5. The lowest BCUT2D eigenvalue weighted by molar-refractivity contribution is 0.550. The van der Waals surface area contributed by atoms with E-state index < -0.39 is 0 Å². The molecule has 0 radical (unpaired) electrons. The summed E-state index contributed by atoms with van der Waals surface area (Å²) in [5, 5.41) is 14.2. The van der Waals surface area contributed by atoms with E-state index in [4.69, 9.17) is 0 Å². The Hall–Kier alpha value is -1.69. The molecule has 0 saturated heterocycles. The fourth-order valence-electron chi connectivity index (χ4n) is 1.57. The Morgan fingerprint density at radius 2 is 2.47 bits per heavy atom. The molecule has 0 aliphatic carbocycles.